The van der Waals surface area contributed by atoms with Gasteiger partial charge >= 0.3 is 11.9 Å². The molecule has 0 amide bonds. The van der Waals surface area contributed by atoms with Gasteiger partial charge in [-0.3, -0.25) is 0 Å². The Hall–Kier alpha value is -3.08. The monoisotopic (exact) mass is 582 g/mol. The number of methoxy groups -OCH3 is 2. The zero-order valence-electron chi connectivity index (χ0n) is 22.5. The Morgan fingerprint density at radius 3 is 2.34 bits per heavy atom. The van der Waals surface area contributed by atoms with Crippen molar-refractivity contribution in [3.8, 4) is 5.75 Å². The fourth-order valence-electron chi connectivity index (χ4n) is 5.37. The van der Waals surface area contributed by atoms with Crippen molar-refractivity contribution in [2.45, 2.75) is 67.6 Å². The number of ether oxygens (including phenoxy) is 6. The van der Waals surface area contributed by atoms with Gasteiger partial charge in [-0.1, -0.05) is 12.1 Å². The van der Waals surface area contributed by atoms with Crippen LogP contribution in [-0.2, 0) is 33.3 Å². The molecule has 10 atom stereocenters. The highest BCUT2D eigenvalue weighted by Crippen LogP contribution is 2.53. The van der Waals surface area contributed by atoms with Gasteiger partial charge in [-0.05, 0) is 30.7 Å². The number of rotatable bonds is 8. The average Bonchev–Trinajstić information content (AvgIpc) is 3.16. The van der Waals surface area contributed by atoms with Crippen molar-refractivity contribution in [2.75, 3.05) is 20.8 Å². The van der Waals surface area contributed by atoms with Crippen LogP contribution >= 0.6 is 0 Å². The lowest BCUT2D eigenvalue weighted by atomic mass is 9.77. The Morgan fingerprint density at radius 1 is 1.05 bits per heavy atom. The van der Waals surface area contributed by atoms with Crippen LogP contribution < -0.4 is 4.74 Å². The maximum absolute atomic E-state index is 12.7. The highest BCUT2D eigenvalue weighted by molar-refractivity contribution is 5.91. The van der Waals surface area contributed by atoms with Crippen LogP contribution in [0.25, 0.3) is 6.08 Å². The summed E-state index contributed by atoms with van der Waals surface area (Å²) in [6.07, 6.45) is -8.29. The number of aliphatic hydroxyl groups is 6. The quantitative estimate of drug-likeness (QED) is 0.150. The van der Waals surface area contributed by atoms with E-state index in [9.17, 15) is 40.2 Å². The zero-order chi connectivity index (χ0) is 30.1. The molecule has 4 rings (SSSR count). The van der Waals surface area contributed by atoms with Crippen molar-refractivity contribution in [3.05, 3.63) is 47.7 Å². The molecule has 3 aliphatic rings. The first kappa shape index (κ1) is 30.9. The van der Waals surface area contributed by atoms with Crippen LogP contribution in [0.3, 0.4) is 0 Å². The molecule has 2 fully saturated rings. The molecule has 0 aromatic heterocycles. The third kappa shape index (κ3) is 5.82. The Bertz CT molecular complexity index is 1160. The first-order chi connectivity index (χ1) is 19.4. The minimum atomic E-state index is -2.21. The van der Waals surface area contributed by atoms with Crippen molar-refractivity contribution in [1.29, 1.82) is 0 Å². The van der Waals surface area contributed by atoms with Crippen LogP contribution in [0.1, 0.15) is 18.9 Å². The molecular weight excluding hydrogens is 548 g/mol. The smallest absolute Gasteiger partial charge is 0.339 e. The lowest BCUT2D eigenvalue weighted by molar-refractivity contribution is -0.352. The summed E-state index contributed by atoms with van der Waals surface area (Å²) < 4.78 is 31.9. The second kappa shape index (κ2) is 12.0. The highest BCUT2D eigenvalue weighted by Gasteiger charge is 2.69. The normalized spacial score (nSPS) is 38.5. The van der Waals surface area contributed by atoms with Gasteiger partial charge in [0.2, 0.25) is 6.29 Å². The van der Waals surface area contributed by atoms with Gasteiger partial charge in [0.05, 0.1) is 33.0 Å². The minimum absolute atomic E-state index is 0.383. The van der Waals surface area contributed by atoms with Crippen LogP contribution in [0.4, 0.5) is 0 Å². The van der Waals surface area contributed by atoms with Crippen molar-refractivity contribution in [3.63, 3.8) is 0 Å². The predicted octanol–water partition coefficient (Wildman–Crippen LogP) is -1.65. The molecule has 1 aromatic rings. The Labute approximate surface area is 234 Å². The minimum Gasteiger partial charge on any atom is -0.497 e. The van der Waals surface area contributed by atoms with Crippen molar-refractivity contribution in [1.82, 2.24) is 0 Å². The van der Waals surface area contributed by atoms with Gasteiger partial charge in [0.1, 0.15) is 53.0 Å². The molecule has 0 unspecified atom stereocenters. The lowest BCUT2D eigenvalue weighted by Gasteiger charge is -2.46. The van der Waals surface area contributed by atoms with E-state index in [1.807, 2.05) is 0 Å². The lowest BCUT2D eigenvalue weighted by Crippen LogP contribution is -2.62. The van der Waals surface area contributed by atoms with Gasteiger partial charge in [0.15, 0.2) is 6.29 Å². The molecule has 1 aromatic carbocycles. The van der Waals surface area contributed by atoms with E-state index in [1.54, 1.807) is 24.3 Å². The zero-order valence-corrected chi connectivity index (χ0v) is 22.5. The first-order valence-electron chi connectivity index (χ1n) is 12.7. The molecule has 1 aliphatic carbocycles. The maximum Gasteiger partial charge on any atom is 0.339 e. The van der Waals surface area contributed by atoms with Crippen LogP contribution in [0.15, 0.2) is 42.2 Å². The molecule has 41 heavy (non-hydrogen) atoms. The molecule has 2 aliphatic heterocycles. The highest BCUT2D eigenvalue weighted by atomic mass is 16.8. The van der Waals surface area contributed by atoms with E-state index in [-0.39, 0.29) is 5.57 Å². The third-order valence-corrected chi connectivity index (χ3v) is 7.66. The Balaban J connectivity index is 1.58. The summed E-state index contributed by atoms with van der Waals surface area (Å²) in [6, 6.07) is 6.81. The largest absolute Gasteiger partial charge is 0.497 e. The summed E-state index contributed by atoms with van der Waals surface area (Å²) in [5.74, 6) is -2.74. The molecule has 1 saturated heterocycles. The molecule has 0 bridgehead atoms. The number of carbonyl (C=O) groups excluding carboxylic acids is 2. The molecule has 1 saturated carbocycles. The first-order valence-corrected chi connectivity index (χ1v) is 12.7. The Kier molecular flexibility index (Phi) is 9.06. The second-order valence-electron chi connectivity index (χ2n) is 10.2. The summed E-state index contributed by atoms with van der Waals surface area (Å²) in [4.78, 5) is 25.3. The van der Waals surface area contributed by atoms with Crippen LogP contribution in [0, 0.1) is 5.92 Å². The molecule has 0 radical (unpaired) electrons. The van der Waals surface area contributed by atoms with E-state index in [0.717, 1.165) is 19.4 Å². The van der Waals surface area contributed by atoms with E-state index in [2.05, 4.69) is 0 Å². The van der Waals surface area contributed by atoms with Gasteiger partial charge in [0.25, 0.3) is 0 Å². The molecule has 14 nitrogen and oxygen atoms in total. The summed E-state index contributed by atoms with van der Waals surface area (Å²) in [6.45, 7) is 0.518. The van der Waals surface area contributed by atoms with Crippen molar-refractivity contribution < 1.29 is 68.6 Å². The van der Waals surface area contributed by atoms with Crippen LogP contribution in [0.2, 0.25) is 0 Å². The van der Waals surface area contributed by atoms with Crippen LogP contribution in [0.5, 0.6) is 5.75 Å². The molecular formula is C27H34O14. The second-order valence-corrected chi connectivity index (χ2v) is 10.2. The predicted molar refractivity (Wildman–Crippen MR) is 135 cm³/mol. The number of fused-ring (bicyclic) bond motifs is 1. The van der Waals surface area contributed by atoms with E-state index in [0.29, 0.717) is 11.3 Å². The van der Waals surface area contributed by atoms with E-state index in [4.69, 9.17) is 28.4 Å². The average molecular weight is 583 g/mol. The summed E-state index contributed by atoms with van der Waals surface area (Å²) in [5.41, 5.74) is -4.03. The number of hydrogen-bond donors (Lipinski definition) is 6. The summed E-state index contributed by atoms with van der Waals surface area (Å²) >= 11 is 0. The number of benzene rings is 1. The fraction of sp³-hybridized carbons (Fsp3) is 0.556. The van der Waals surface area contributed by atoms with Crippen molar-refractivity contribution in [2.24, 2.45) is 5.92 Å². The van der Waals surface area contributed by atoms with Gasteiger partial charge in [-0.2, -0.15) is 0 Å². The third-order valence-electron chi connectivity index (χ3n) is 7.66. The molecule has 0 spiro atoms. The fourth-order valence-corrected chi connectivity index (χ4v) is 5.37. The van der Waals surface area contributed by atoms with Gasteiger partial charge in [-0.15, -0.1) is 0 Å². The van der Waals surface area contributed by atoms with Crippen molar-refractivity contribution >= 4 is 18.0 Å². The summed E-state index contributed by atoms with van der Waals surface area (Å²) in [7, 11) is 2.60. The molecule has 6 N–H and O–H groups in total. The number of aliphatic hydroxyl groups excluding tert-OH is 4. The SMILES string of the molecule is COC(=O)C1=CO[C@H](O[C@@H]2O[C@H](CO)[C@@H](O)[C@H](O)[C@H]2O)[C@H]2[C@](C)(O)[C@H](OC(=O)C=Cc3ccc(OC)cc3)C[C@@]12O. The molecule has 14 heteroatoms. The topological polar surface area (TPSA) is 211 Å². The van der Waals surface area contributed by atoms with Gasteiger partial charge in [-0.25, -0.2) is 9.59 Å². The molecule has 226 valence electrons. The number of esters is 2. The number of hydrogen-bond acceptors (Lipinski definition) is 14. The van der Waals surface area contributed by atoms with E-state index >= 15 is 0 Å². The molecule has 2 heterocycles. The standard InChI is InChI=1S/C27H34O14/c1-26(34)17(40-18(29)9-6-13-4-7-14(36-2)8-5-13)10-27(35)15(23(33)37-3)12-38-25(22(26)27)41-24-21(32)20(31)19(30)16(11-28)39-24/h4-9,12,16-17,19-22,24-25,28,30-32,34-35H,10-11H2,1-3H3/t16-,17-,19-,20+,21-,22+,24+,25-,26-,27-/m1/s1. The van der Waals surface area contributed by atoms with E-state index in [1.165, 1.54) is 20.1 Å². The van der Waals surface area contributed by atoms with Gasteiger partial charge < -0.3 is 59.1 Å². The maximum atomic E-state index is 12.7. The summed E-state index contributed by atoms with van der Waals surface area (Å²) in [5, 5.41) is 63.4. The van der Waals surface area contributed by atoms with E-state index < -0.39 is 85.2 Å². The number of carbonyl (C=O) groups is 2. The van der Waals surface area contributed by atoms with Gasteiger partial charge in [0, 0.05) is 12.5 Å². The van der Waals surface area contributed by atoms with Crippen LogP contribution in [-0.4, -0.2) is 118 Å². The Morgan fingerprint density at radius 2 is 1.73 bits per heavy atom.